The van der Waals surface area contributed by atoms with Crippen molar-refractivity contribution in [2.75, 3.05) is 5.32 Å². The van der Waals surface area contributed by atoms with E-state index in [0.29, 0.717) is 47.8 Å². The van der Waals surface area contributed by atoms with Crippen molar-refractivity contribution >= 4 is 67.5 Å². The number of nitrogens with one attached hydrogen (secondary N) is 3. The Hall–Kier alpha value is -2.87. The first-order valence-electron chi connectivity index (χ1n) is 9.49. The number of fused-ring (bicyclic) bond motifs is 2. The largest absolute Gasteiger partial charge is 0.360 e. The molecular formula is C23H13BrCl2FN3O2. The third-order valence-corrected chi connectivity index (χ3v) is 6.49. The van der Waals surface area contributed by atoms with Crippen molar-refractivity contribution in [3.05, 3.63) is 97.3 Å². The van der Waals surface area contributed by atoms with Crippen molar-refractivity contribution in [1.29, 1.82) is 0 Å². The van der Waals surface area contributed by atoms with Gasteiger partial charge in [-0.1, -0.05) is 45.2 Å². The van der Waals surface area contributed by atoms with Crippen LogP contribution < -0.4 is 10.6 Å². The van der Waals surface area contributed by atoms with Crippen molar-refractivity contribution in [3.63, 3.8) is 0 Å². The fraction of sp³-hybridized carbons (Fsp3) is 0.0435. The molecule has 1 aliphatic heterocycles. The zero-order valence-electron chi connectivity index (χ0n) is 16.1. The maximum absolute atomic E-state index is 14.0. The van der Waals surface area contributed by atoms with Gasteiger partial charge in [0.1, 0.15) is 5.82 Å². The van der Waals surface area contributed by atoms with Gasteiger partial charge in [-0.3, -0.25) is 9.59 Å². The van der Waals surface area contributed by atoms with E-state index in [4.69, 9.17) is 23.2 Å². The van der Waals surface area contributed by atoms with Gasteiger partial charge in [-0.2, -0.15) is 0 Å². The number of H-pyrrole nitrogens is 1. The fourth-order valence-corrected chi connectivity index (χ4v) is 4.94. The lowest BCUT2D eigenvalue weighted by molar-refractivity contribution is 0.0959. The van der Waals surface area contributed by atoms with Crippen LogP contribution in [0.4, 0.5) is 10.1 Å². The highest BCUT2D eigenvalue weighted by Gasteiger charge is 2.34. The van der Waals surface area contributed by atoms with Gasteiger partial charge in [0, 0.05) is 49.0 Å². The SMILES string of the molecule is O=C1NC(c2cc(F)ccc2Cl)c2c(NC(=O)c3c[nH]c4cccc(Cl)c34)cc(Br)cc21. The number of carbonyl (C=O) groups is 2. The molecule has 1 aliphatic rings. The van der Waals surface area contributed by atoms with Crippen molar-refractivity contribution in [2.45, 2.75) is 6.04 Å². The molecule has 0 spiro atoms. The molecule has 3 N–H and O–H groups in total. The molecule has 1 unspecified atom stereocenters. The topological polar surface area (TPSA) is 74.0 Å². The molecule has 2 amide bonds. The Bertz CT molecular complexity index is 1440. The summed E-state index contributed by atoms with van der Waals surface area (Å²) in [6.07, 6.45) is 1.58. The average molecular weight is 533 g/mol. The zero-order valence-corrected chi connectivity index (χ0v) is 19.2. The van der Waals surface area contributed by atoms with Crippen LogP contribution in [-0.2, 0) is 0 Å². The van der Waals surface area contributed by atoms with E-state index in [1.54, 1.807) is 30.5 Å². The van der Waals surface area contributed by atoms with Crippen LogP contribution in [0.15, 0.2) is 59.2 Å². The highest BCUT2D eigenvalue weighted by molar-refractivity contribution is 9.10. The zero-order chi connectivity index (χ0) is 22.6. The van der Waals surface area contributed by atoms with Crippen molar-refractivity contribution in [1.82, 2.24) is 10.3 Å². The lowest BCUT2D eigenvalue weighted by Crippen LogP contribution is -2.21. The molecule has 0 saturated heterocycles. The summed E-state index contributed by atoms with van der Waals surface area (Å²) < 4.78 is 14.6. The van der Waals surface area contributed by atoms with Crippen LogP contribution in [0.25, 0.3) is 10.9 Å². The van der Waals surface area contributed by atoms with Crippen LogP contribution in [0.2, 0.25) is 10.0 Å². The van der Waals surface area contributed by atoms with Crippen LogP contribution >= 0.6 is 39.1 Å². The Kier molecular flexibility index (Phi) is 5.20. The molecule has 0 aliphatic carbocycles. The van der Waals surface area contributed by atoms with Gasteiger partial charge in [0.25, 0.3) is 11.8 Å². The molecule has 2 heterocycles. The van der Waals surface area contributed by atoms with Gasteiger partial charge < -0.3 is 15.6 Å². The number of aromatic nitrogens is 1. The summed E-state index contributed by atoms with van der Waals surface area (Å²) in [4.78, 5) is 28.9. The fourth-order valence-electron chi connectivity index (χ4n) is 3.98. The Morgan fingerprint density at radius 3 is 2.72 bits per heavy atom. The van der Waals surface area contributed by atoms with E-state index in [1.807, 2.05) is 6.07 Å². The molecule has 1 aromatic heterocycles. The van der Waals surface area contributed by atoms with Crippen molar-refractivity contribution < 1.29 is 14.0 Å². The number of benzene rings is 3. The first-order chi connectivity index (χ1) is 15.3. The summed E-state index contributed by atoms with van der Waals surface area (Å²) >= 11 is 16.0. The maximum atomic E-state index is 14.0. The standard InChI is InChI=1S/C23H13BrCl2FN3O2/c24-10-6-13-20(21(30-22(13)31)12-8-11(27)4-5-15(12)25)18(7-10)29-23(32)14-9-28-17-3-1-2-16(26)19(14)17/h1-9,21,28H,(H,29,32)(H,30,31). The highest BCUT2D eigenvalue weighted by atomic mass is 79.9. The number of carbonyl (C=O) groups excluding carboxylic acids is 2. The van der Waals surface area contributed by atoms with Gasteiger partial charge >= 0.3 is 0 Å². The van der Waals surface area contributed by atoms with E-state index in [9.17, 15) is 14.0 Å². The predicted molar refractivity (Wildman–Crippen MR) is 126 cm³/mol. The van der Waals surface area contributed by atoms with E-state index >= 15 is 0 Å². The predicted octanol–water partition coefficient (Wildman–Crippen LogP) is 6.46. The van der Waals surface area contributed by atoms with Crippen LogP contribution in [0.5, 0.6) is 0 Å². The van der Waals surface area contributed by atoms with Gasteiger partial charge in [-0.05, 0) is 42.5 Å². The molecule has 5 nitrogen and oxygen atoms in total. The normalized spacial score (nSPS) is 15.0. The summed E-state index contributed by atoms with van der Waals surface area (Å²) in [5.41, 5.74) is 2.73. The minimum Gasteiger partial charge on any atom is -0.360 e. The lowest BCUT2D eigenvalue weighted by atomic mass is 9.96. The van der Waals surface area contributed by atoms with Crippen molar-refractivity contribution in [3.8, 4) is 0 Å². The van der Waals surface area contributed by atoms with Gasteiger partial charge in [-0.25, -0.2) is 4.39 Å². The molecule has 4 aromatic rings. The molecule has 0 radical (unpaired) electrons. The molecule has 0 fully saturated rings. The molecule has 9 heteroatoms. The number of anilines is 1. The van der Waals surface area contributed by atoms with Crippen LogP contribution in [0.3, 0.4) is 0 Å². The van der Waals surface area contributed by atoms with E-state index in [-0.39, 0.29) is 5.91 Å². The summed E-state index contributed by atoms with van der Waals surface area (Å²) in [5, 5.41) is 7.04. The third-order valence-electron chi connectivity index (χ3n) is 5.37. The highest BCUT2D eigenvalue weighted by Crippen LogP contribution is 2.41. The molecular weight excluding hydrogens is 520 g/mol. The lowest BCUT2D eigenvalue weighted by Gasteiger charge is -2.18. The number of amides is 2. The van der Waals surface area contributed by atoms with Crippen LogP contribution in [-0.4, -0.2) is 16.8 Å². The summed E-state index contributed by atoms with van der Waals surface area (Å²) in [7, 11) is 0. The second kappa shape index (κ2) is 7.92. The summed E-state index contributed by atoms with van der Waals surface area (Å²) in [6, 6.07) is 11.9. The minimum absolute atomic E-state index is 0.299. The third kappa shape index (κ3) is 3.46. The number of aromatic amines is 1. The maximum Gasteiger partial charge on any atom is 0.257 e. The number of rotatable bonds is 3. The van der Waals surface area contributed by atoms with Gasteiger partial charge in [0.15, 0.2) is 0 Å². The van der Waals surface area contributed by atoms with Gasteiger partial charge in [-0.15, -0.1) is 0 Å². The first kappa shape index (κ1) is 21.0. The monoisotopic (exact) mass is 531 g/mol. The van der Waals surface area contributed by atoms with E-state index in [2.05, 4.69) is 31.5 Å². The Labute approximate surface area is 200 Å². The number of hydrogen-bond acceptors (Lipinski definition) is 2. The molecule has 160 valence electrons. The van der Waals surface area contributed by atoms with Gasteiger partial charge in [0.2, 0.25) is 0 Å². The average Bonchev–Trinajstić information content (AvgIpc) is 3.32. The smallest absolute Gasteiger partial charge is 0.257 e. The number of halogens is 4. The molecule has 0 bridgehead atoms. The quantitative estimate of drug-likeness (QED) is 0.283. The molecule has 0 saturated carbocycles. The Morgan fingerprint density at radius 2 is 1.91 bits per heavy atom. The van der Waals surface area contributed by atoms with E-state index in [0.717, 1.165) is 5.52 Å². The molecule has 3 aromatic carbocycles. The van der Waals surface area contributed by atoms with Gasteiger partial charge in [0.05, 0.1) is 16.6 Å². The van der Waals surface area contributed by atoms with Crippen LogP contribution in [0, 0.1) is 5.82 Å². The minimum atomic E-state index is -0.726. The molecule has 1 atom stereocenters. The first-order valence-corrected chi connectivity index (χ1v) is 11.0. The molecule has 32 heavy (non-hydrogen) atoms. The Balaban J connectivity index is 1.61. The molecule has 5 rings (SSSR count). The van der Waals surface area contributed by atoms with E-state index < -0.39 is 17.8 Å². The Morgan fingerprint density at radius 1 is 1.09 bits per heavy atom. The summed E-state index contributed by atoms with van der Waals surface area (Å²) in [6.45, 7) is 0. The van der Waals surface area contributed by atoms with E-state index in [1.165, 1.54) is 18.2 Å². The van der Waals surface area contributed by atoms with Crippen molar-refractivity contribution in [2.24, 2.45) is 0 Å². The second-order valence-electron chi connectivity index (χ2n) is 7.31. The second-order valence-corrected chi connectivity index (χ2v) is 9.04. The number of hydrogen-bond donors (Lipinski definition) is 3. The summed E-state index contributed by atoms with van der Waals surface area (Å²) in [5.74, 6) is -1.24. The van der Waals surface area contributed by atoms with Crippen LogP contribution in [0.1, 0.15) is 37.9 Å².